The second-order valence-electron chi connectivity index (χ2n) is 5.37. The highest BCUT2D eigenvalue weighted by Crippen LogP contribution is 2.27. The molecule has 0 saturated carbocycles. The van der Waals surface area contributed by atoms with Gasteiger partial charge in [-0.3, -0.25) is 15.0 Å². The highest BCUT2D eigenvalue weighted by atomic mass is 35.5. The Labute approximate surface area is 124 Å². The van der Waals surface area contributed by atoms with Crippen LogP contribution < -0.4 is 0 Å². The molecule has 1 heterocycles. The van der Waals surface area contributed by atoms with Crippen molar-refractivity contribution in [1.29, 1.82) is 0 Å². The number of alkyl halides is 1. The van der Waals surface area contributed by atoms with Crippen LogP contribution in [0.15, 0.2) is 18.2 Å². The molecule has 110 valence electrons. The lowest BCUT2D eigenvalue weighted by molar-refractivity contribution is -0.385. The van der Waals surface area contributed by atoms with E-state index in [9.17, 15) is 10.1 Å². The van der Waals surface area contributed by atoms with Crippen LogP contribution in [0, 0.1) is 17.0 Å². The fourth-order valence-corrected chi connectivity index (χ4v) is 2.71. The summed E-state index contributed by atoms with van der Waals surface area (Å²) in [6.07, 6.45) is 0. The van der Waals surface area contributed by atoms with E-state index in [-0.39, 0.29) is 16.0 Å². The second kappa shape index (κ2) is 6.52. The third-order valence-corrected chi connectivity index (χ3v) is 4.20. The van der Waals surface area contributed by atoms with Crippen LogP contribution in [0.25, 0.3) is 0 Å². The number of nitro benzene ring substituents is 1. The van der Waals surface area contributed by atoms with Gasteiger partial charge in [-0.25, -0.2) is 0 Å². The van der Waals surface area contributed by atoms with Crippen molar-refractivity contribution in [2.24, 2.45) is 0 Å². The van der Waals surface area contributed by atoms with E-state index >= 15 is 0 Å². The third-order valence-electron chi connectivity index (χ3n) is 3.81. The minimum atomic E-state index is -0.349. The van der Waals surface area contributed by atoms with E-state index in [2.05, 4.69) is 16.8 Å². The van der Waals surface area contributed by atoms with E-state index in [0.717, 1.165) is 38.3 Å². The summed E-state index contributed by atoms with van der Waals surface area (Å²) in [7, 11) is 2.11. The number of hydrogen-bond donors (Lipinski definition) is 0. The molecule has 1 atom stereocenters. The van der Waals surface area contributed by atoms with Crippen molar-refractivity contribution in [3.8, 4) is 0 Å². The number of aryl methyl sites for hydroxylation is 1. The van der Waals surface area contributed by atoms with Gasteiger partial charge in [0.05, 0.1) is 10.3 Å². The van der Waals surface area contributed by atoms with Gasteiger partial charge in [0, 0.05) is 44.4 Å². The van der Waals surface area contributed by atoms with Crippen molar-refractivity contribution in [3.63, 3.8) is 0 Å². The smallest absolute Gasteiger partial charge is 0.272 e. The van der Waals surface area contributed by atoms with Crippen LogP contribution in [0.4, 0.5) is 5.69 Å². The maximum atomic E-state index is 11.0. The summed E-state index contributed by atoms with van der Waals surface area (Å²) in [4.78, 5) is 15.2. The zero-order valence-corrected chi connectivity index (χ0v) is 12.6. The molecule has 2 rings (SSSR count). The number of rotatable bonds is 4. The monoisotopic (exact) mass is 297 g/mol. The molecule has 1 aromatic carbocycles. The van der Waals surface area contributed by atoms with Gasteiger partial charge in [-0.15, -0.1) is 11.6 Å². The summed E-state index contributed by atoms with van der Waals surface area (Å²) in [5.74, 6) is 0. The Hall–Kier alpha value is -1.17. The lowest BCUT2D eigenvalue weighted by Gasteiger charge is -2.33. The summed E-state index contributed by atoms with van der Waals surface area (Å²) in [5.41, 5.74) is 1.64. The van der Waals surface area contributed by atoms with Gasteiger partial charge in [-0.05, 0) is 19.5 Å². The fraction of sp³-hybridized carbons (Fsp3) is 0.571. The number of hydrogen-bond acceptors (Lipinski definition) is 4. The Bertz CT molecular complexity index is 487. The van der Waals surface area contributed by atoms with Gasteiger partial charge in [-0.2, -0.15) is 0 Å². The summed E-state index contributed by atoms with van der Waals surface area (Å²) in [6.45, 7) is 6.54. The quantitative estimate of drug-likeness (QED) is 0.486. The predicted molar refractivity (Wildman–Crippen MR) is 80.4 cm³/mol. The largest absolute Gasteiger partial charge is 0.304 e. The van der Waals surface area contributed by atoms with Crippen LogP contribution in [0.1, 0.15) is 16.5 Å². The molecule has 0 bridgehead atoms. The Kier molecular flexibility index (Phi) is 4.96. The molecule has 1 saturated heterocycles. The van der Waals surface area contributed by atoms with Crippen molar-refractivity contribution in [2.45, 2.75) is 12.3 Å². The molecular weight excluding hydrogens is 278 g/mol. The van der Waals surface area contributed by atoms with E-state index in [0.29, 0.717) is 5.56 Å². The molecule has 1 aliphatic heterocycles. The number of nitro groups is 1. The van der Waals surface area contributed by atoms with Gasteiger partial charge in [0.2, 0.25) is 0 Å². The molecule has 1 fully saturated rings. The first-order chi connectivity index (χ1) is 9.47. The molecule has 0 radical (unpaired) electrons. The highest BCUT2D eigenvalue weighted by Gasteiger charge is 2.20. The molecule has 1 aromatic rings. The van der Waals surface area contributed by atoms with E-state index in [1.165, 1.54) is 0 Å². The van der Waals surface area contributed by atoms with Gasteiger partial charge < -0.3 is 4.90 Å². The molecule has 0 N–H and O–H groups in total. The minimum Gasteiger partial charge on any atom is -0.304 e. The molecule has 5 nitrogen and oxygen atoms in total. The fourth-order valence-electron chi connectivity index (χ4n) is 2.38. The number of piperazine rings is 1. The van der Waals surface area contributed by atoms with Crippen LogP contribution in [0.5, 0.6) is 0 Å². The van der Waals surface area contributed by atoms with Crippen LogP contribution >= 0.6 is 11.6 Å². The summed E-state index contributed by atoms with van der Waals surface area (Å²) >= 11 is 6.43. The standard InChI is InChI=1S/C14H20ClN3O2/c1-11-3-4-12(9-14(11)18(19)20)13(15)10-17-7-5-16(2)6-8-17/h3-4,9,13H,5-8,10H2,1-2H3. The lowest BCUT2D eigenvalue weighted by atomic mass is 10.1. The Morgan fingerprint density at radius 3 is 2.60 bits per heavy atom. The molecule has 6 heteroatoms. The van der Waals surface area contributed by atoms with Gasteiger partial charge in [0.15, 0.2) is 0 Å². The molecule has 1 aliphatic rings. The van der Waals surface area contributed by atoms with Crippen LogP contribution in [0.3, 0.4) is 0 Å². The van der Waals surface area contributed by atoms with Gasteiger partial charge in [-0.1, -0.05) is 12.1 Å². The highest BCUT2D eigenvalue weighted by molar-refractivity contribution is 6.21. The minimum absolute atomic E-state index is 0.145. The van der Waals surface area contributed by atoms with E-state index in [1.54, 1.807) is 19.1 Å². The van der Waals surface area contributed by atoms with Crippen molar-refractivity contribution in [2.75, 3.05) is 39.8 Å². The van der Waals surface area contributed by atoms with Crippen molar-refractivity contribution in [3.05, 3.63) is 39.4 Å². The molecule has 0 aliphatic carbocycles. The Morgan fingerprint density at radius 1 is 1.35 bits per heavy atom. The molecular formula is C14H20ClN3O2. The first kappa shape index (κ1) is 15.2. The Morgan fingerprint density at radius 2 is 2.00 bits per heavy atom. The topological polar surface area (TPSA) is 49.6 Å². The number of benzene rings is 1. The normalized spacial score (nSPS) is 18.9. The van der Waals surface area contributed by atoms with E-state index < -0.39 is 0 Å². The molecule has 0 spiro atoms. The average Bonchev–Trinajstić information content (AvgIpc) is 2.41. The maximum Gasteiger partial charge on any atom is 0.272 e. The van der Waals surface area contributed by atoms with Crippen molar-refractivity contribution in [1.82, 2.24) is 9.80 Å². The van der Waals surface area contributed by atoms with Crippen molar-refractivity contribution < 1.29 is 4.92 Å². The zero-order valence-electron chi connectivity index (χ0n) is 11.9. The second-order valence-corrected chi connectivity index (χ2v) is 5.90. The maximum absolute atomic E-state index is 11.0. The molecule has 1 unspecified atom stereocenters. The van der Waals surface area contributed by atoms with E-state index in [4.69, 9.17) is 11.6 Å². The summed E-state index contributed by atoms with van der Waals surface area (Å²) < 4.78 is 0. The average molecular weight is 298 g/mol. The summed E-state index contributed by atoms with van der Waals surface area (Å²) in [5, 5.41) is 10.8. The lowest BCUT2D eigenvalue weighted by Crippen LogP contribution is -2.45. The molecule has 0 amide bonds. The van der Waals surface area contributed by atoms with Gasteiger partial charge in [0.1, 0.15) is 0 Å². The number of likely N-dealkylation sites (N-methyl/N-ethyl adjacent to an activating group) is 1. The Balaban J connectivity index is 2.03. The van der Waals surface area contributed by atoms with Gasteiger partial charge >= 0.3 is 0 Å². The molecule has 20 heavy (non-hydrogen) atoms. The first-order valence-corrected chi connectivity index (χ1v) is 7.21. The summed E-state index contributed by atoms with van der Waals surface area (Å²) in [6, 6.07) is 5.26. The van der Waals surface area contributed by atoms with Crippen molar-refractivity contribution >= 4 is 17.3 Å². The van der Waals surface area contributed by atoms with Crippen LogP contribution in [-0.2, 0) is 0 Å². The van der Waals surface area contributed by atoms with E-state index in [1.807, 2.05) is 6.07 Å². The predicted octanol–water partition coefficient (Wildman–Crippen LogP) is 2.43. The first-order valence-electron chi connectivity index (χ1n) is 6.77. The zero-order chi connectivity index (χ0) is 14.7. The SMILES string of the molecule is Cc1ccc(C(Cl)CN2CCN(C)CC2)cc1[N+](=O)[O-]. The number of halogens is 1. The number of nitrogens with zero attached hydrogens (tertiary/aromatic N) is 3. The van der Waals surface area contributed by atoms with Crippen LogP contribution in [-0.4, -0.2) is 54.5 Å². The van der Waals surface area contributed by atoms with Crippen LogP contribution in [0.2, 0.25) is 0 Å². The third kappa shape index (κ3) is 3.69. The van der Waals surface area contributed by atoms with Gasteiger partial charge in [0.25, 0.3) is 5.69 Å². The molecule has 0 aromatic heterocycles.